The molecule has 16 heavy (non-hydrogen) atoms. The molecule has 0 unspecified atom stereocenters. The van der Waals surface area contributed by atoms with Gasteiger partial charge in [-0.1, -0.05) is 11.6 Å². The van der Waals surface area contributed by atoms with Gasteiger partial charge in [0.15, 0.2) is 0 Å². The smallest absolute Gasteiger partial charge is 0.254 e. The van der Waals surface area contributed by atoms with Crippen LogP contribution in [0.2, 0.25) is 5.15 Å². The maximum atomic E-state index is 12.8. The molecule has 1 heterocycles. The number of nitriles is 1. The summed E-state index contributed by atoms with van der Waals surface area (Å²) in [5.41, 5.74) is -0.00127. The molecular formula is C10H9ClFN3O. The maximum Gasteiger partial charge on any atom is 0.254 e. The molecule has 0 atom stereocenters. The van der Waals surface area contributed by atoms with Crippen molar-refractivity contribution in [2.75, 3.05) is 6.54 Å². The van der Waals surface area contributed by atoms with E-state index < -0.39 is 11.7 Å². The lowest BCUT2D eigenvalue weighted by molar-refractivity contribution is 0.0952. The monoisotopic (exact) mass is 241 g/mol. The first-order valence-electron chi connectivity index (χ1n) is 4.61. The summed E-state index contributed by atoms with van der Waals surface area (Å²) in [4.78, 5) is 15.0. The van der Waals surface area contributed by atoms with E-state index in [9.17, 15) is 9.18 Å². The van der Waals surface area contributed by atoms with Crippen LogP contribution in [0.5, 0.6) is 0 Å². The van der Waals surface area contributed by atoms with Crippen LogP contribution in [-0.2, 0) is 0 Å². The fourth-order valence-electron chi connectivity index (χ4n) is 1.05. The zero-order valence-corrected chi connectivity index (χ0v) is 9.09. The Balaban J connectivity index is 2.59. The van der Waals surface area contributed by atoms with Crippen LogP contribution in [0.1, 0.15) is 23.2 Å². The molecule has 0 bridgehead atoms. The SMILES string of the molecule is N#CCCCNC(=O)c1cc(F)cnc1Cl. The van der Waals surface area contributed by atoms with E-state index in [-0.39, 0.29) is 10.7 Å². The quantitative estimate of drug-likeness (QED) is 0.647. The van der Waals surface area contributed by atoms with Crippen molar-refractivity contribution < 1.29 is 9.18 Å². The van der Waals surface area contributed by atoms with Crippen molar-refractivity contribution in [2.24, 2.45) is 0 Å². The van der Waals surface area contributed by atoms with Crippen LogP contribution in [0.4, 0.5) is 4.39 Å². The minimum atomic E-state index is -0.619. The van der Waals surface area contributed by atoms with E-state index in [2.05, 4.69) is 10.3 Å². The molecule has 0 fully saturated rings. The standard InChI is InChI=1S/C10H9ClFN3O/c11-9-8(5-7(12)6-15-9)10(16)14-4-2-1-3-13/h5-6H,1-2,4H2,(H,14,16). The van der Waals surface area contributed by atoms with Crippen molar-refractivity contribution in [2.45, 2.75) is 12.8 Å². The highest BCUT2D eigenvalue weighted by Crippen LogP contribution is 2.13. The molecule has 0 aliphatic carbocycles. The van der Waals surface area contributed by atoms with Crippen molar-refractivity contribution in [3.05, 3.63) is 28.8 Å². The Morgan fingerprint density at radius 3 is 3.12 bits per heavy atom. The molecule has 1 amide bonds. The number of nitrogens with zero attached hydrogens (tertiary/aromatic N) is 2. The third-order valence-electron chi connectivity index (χ3n) is 1.80. The summed E-state index contributed by atoms with van der Waals surface area (Å²) < 4.78 is 12.8. The van der Waals surface area contributed by atoms with Gasteiger partial charge in [-0.25, -0.2) is 9.37 Å². The summed E-state index contributed by atoms with van der Waals surface area (Å²) in [6, 6.07) is 2.97. The number of amides is 1. The summed E-state index contributed by atoms with van der Waals surface area (Å²) in [6.07, 6.45) is 1.84. The lowest BCUT2D eigenvalue weighted by Gasteiger charge is -2.04. The number of halogens is 2. The Morgan fingerprint density at radius 1 is 1.69 bits per heavy atom. The van der Waals surface area contributed by atoms with Gasteiger partial charge in [0, 0.05) is 13.0 Å². The van der Waals surface area contributed by atoms with Gasteiger partial charge in [0.1, 0.15) is 11.0 Å². The Bertz CT molecular complexity index is 431. The Hall–Kier alpha value is -1.67. The summed E-state index contributed by atoms with van der Waals surface area (Å²) in [6.45, 7) is 0.346. The lowest BCUT2D eigenvalue weighted by atomic mass is 10.2. The average Bonchev–Trinajstić information content (AvgIpc) is 2.27. The van der Waals surface area contributed by atoms with Gasteiger partial charge in [-0.2, -0.15) is 5.26 Å². The zero-order chi connectivity index (χ0) is 12.0. The first kappa shape index (κ1) is 12.4. The van der Waals surface area contributed by atoms with Gasteiger partial charge in [-0.15, -0.1) is 0 Å². The Kier molecular flexibility index (Phi) is 4.67. The minimum Gasteiger partial charge on any atom is -0.352 e. The number of rotatable bonds is 4. The van der Waals surface area contributed by atoms with Crippen LogP contribution in [0.3, 0.4) is 0 Å². The van der Waals surface area contributed by atoms with Crippen LogP contribution in [0.15, 0.2) is 12.3 Å². The van der Waals surface area contributed by atoms with Crippen LogP contribution < -0.4 is 5.32 Å². The minimum absolute atomic E-state index is 0.00127. The van der Waals surface area contributed by atoms with E-state index in [0.717, 1.165) is 12.3 Å². The second-order valence-electron chi connectivity index (χ2n) is 3.01. The van der Waals surface area contributed by atoms with Crippen LogP contribution in [-0.4, -0.2) is 17.4 Å². The van der Waals surface area contributed by atoms with Crippen LogP contribution >= 0.6 is 11.6 Å². The number of aromatic nitrogens is 1. The topological polar surface area (TPSA) is 65.8 Å². The molecular weight excluding hydrogens is 233 g/mol. The Morgan fingerprint density at radius 2 is 2.44 bits per heavy atom. The van der Waals surface area contributed by atoms with E-state index in [4.69, 9.17) is 16.9 Å². The predicted octanol–water partition coefficient (Wildman–Crippen LogP) is 1.91. The highest BCUT2D eigenvalue weighted by molar-refractivity contribution is 6.32. The molecule has 1 rings (SSSR count). The zero-order valence-electron chi connectivity index (χ0n) is 8.33. The molecule has 0 radical (unpaired) electrons. The van der Waals surface area contributed by atoms with E-state index in [0.29, 0.717) is 19.4 Å². The highest BCUT2D eigenvalue weighted by atomic mass is 35.5. The number of carbonyl (C=O) groups is 1. The molecule has 1 aromatic heterocycles. The van der Waals surface area contributed by atoms with Gasteiger partial charge in [0.25, 0.3) is 5.91 Å². The second-order valence-corrected chi connectivity index (χ2v) is 3.37. The largest absolute Gasteiger partial charge is 0.352 e. The Labute approximate surface area is 97.0 Å². The van der Waals surface area contributed by atoms with E-state index >= 15 is 0 Å². The first-order valence-corrected chi connectivity index (χ1v) is 4.99. The summed E-state index contributed by atoms with van der Waals surface area (Å²) >= 11 is 5.64. The van der Waals surface area contributed by atoms with E-state index in [1.54, 1.807) is 0 Å². The summed E-state index contributed by atoms with van der Waals surface area (Å²) in [7, 11) is 0. The summed E-state index contributed by atoms with van der Waals surface area (Å²) in [5.74, 6) is -1.11. The number of nitrogens with one attached hydrogen (secondary N) is 1. The highest BCUT2D eigenvalue weighted by Gasteiger charge is 2.11. The molecule has 84 valence electrons. The van der Waals surface area contributed by atoms with Crippen molar-refractivity contribution in [3.63, 3.8) is 0 Å². The fourth-order valence-corrected chi connectivity index (χ4v) is 1.24. The molecule has 4 nitrogen and oxygen atoms in total. The number of carbonyl (C=O) groups excluding carboxylic acids is 1. The fraction of sp³-hybridized carbons (Fsp3) is 0.300. The van der Waals surface area contributed by atoms with Gasteiger partial charge in [-0.05, 0) is 12.5 Å². The molecule has 0 aliphatic heterocycles. The maximum absolute atomic E-state index is 12.8. The molecule has 1 N–H and O–H groups in total. The number of hydrogen-bond acceptors (Lipinski definition) is 3. The number of pyridine rings is 1. The van der Waals surface area contributed by atoms with Gasteiger partial charge in [0.05, 0.1) is 17.8 Å². The lowest BCUT2D eigenvalue weighted by Crippen LogP contribution is -2.25. The summed E-state index contributed by atoms with van der Waals surface area (Å²) in [5, 5.41) is 10.8. The normalized spacial score (nSPS) is 9.56. The number of unbranched alkanes of at least 4 members (excludes halogenated alkanes) is 1. The van der Waals surface area contributed by atoms with E-state index in [1.807, 2.05) is 6.07 Å². The van der Waals surface area contributed by atoms with Gasteiger partial charge in [0.2, 0.25) is 0 Å². The van der Waals surface area contributed by atoms with Crippen LogP contribution in [0, 0.1) is 17.1 Å². The van der Waals surface area contributed by atoms with Crippen molar-refractivity contribution in [1.82, 2.24) is 10.3 Å². The first-order chi connectivity index (χ1) is 7.65. The van der Waals surface area contributed by atoms with Crippen molar-refractivity contribution >= 4 is 17.5 Å². The molecule has 0 aliphatic rings. The molecule has 6 heteroatoms. The van der Waals surface area contributed by atoms with E-state index in [1.165, 1.54) is 0 Å². The van der Waals surface area contributed by atoms with Gasteiger partial charge < -0.3 is 5.32 Å². The van der Waals surface area contributed by atoms with Crippen molar-refractivity contribution in [1.29, 1.82) is 5.26 Å². The van der Waals surface area contributed by atoms with Crippen LogP contribution in [0.25, 0.3) is 0 Å². The molecule has 0 spiro atoms. The molecule has 0 saturated heterocycles. The predicted molar refractivity (Wildman–Crippen MR) is 56.4 cm³/mol. The third kappa shape index (κ3) is 3.48. The molecule has 0 aromatic carbocycles. The third-order valence-corrected chi connectivity index (χ3v) is 2.10. The molecule has 0 saturated carbocycles. The van der Waals surface area contributed by atoms with Crippen molar-refractivity contribution in [3.8, 4) is 6.07 Å². The second kappa shape index (κ2) is 6.03. The molecule has 1 aromatic rings. The van der Waals surface area contributed by atoms with Gasteiger partial charge in [-0.3, -0.25) is 4.79 Å². The average molecular weight is 242 g/mol. The number of hydrogen-bond donors (Lipinski definition) is 1. The van der Waals surface area contributed by atoms with Gasteiger partial charge >= 0.3 is 0 Å².